The summed E-state index contributed by atoms with van der Waals surface area (Å²) in [4.78, 5) is 24.1. The zero-order chi connectivity index (χ0) is 15.6. The van der Waals surface area contributed by atoms with Crippen LogP contribution >= 0.6 is 0 Å². The zero-order valence-electron chi connectivity index (χ0n) is 12.7. The summed E-state index contributed by atoms with van der Waals surface area (Å²) < 4.78 is 7.00. The van der Waals surface area contributed by atoms with E-state index >= 15 is 0 Å². The monoisotopic (exact) mass is 285 g/mol. The minimum Gasteiger partial charge on any atom is -0.496 e. The number of pyridine rings is 1. The van der Waals surface area contributed by atoms with E-state index in [0.29, 0.717) is 5.75 Å². The molecule has 0 amide bonds. The molecule has 2 aromatic rings. The Morgan fingerprint density at radius 1 is 1.14 bits per heavy atom. The van der Waals surface area contributed by atoms with Crippen LogP contribution < -0.4 is 10.3 Å². The van der Waals surface area contributed by atoms with Crippen LogP contribution in [0, 0.1) is 0 Å². The summed E-state index contributed by atoms with van der Waals surface area (Å²) in [5.41, 5.74) is 1.53. The summed E-state index contributed by atoms with van der Waals surface area (Å²) in [5.74, 6) is 0.475. The topological polar surface area (TPSA) is 48.3 Å². The second-order valence-corrected chi connectivity index (χ2v) is 5.16. The number of nitrogens with zero attached hydrogens (tertiary/aromatic N) is 1. The molecule has 0 radical (unpaired) electrons. The Kier molecular flexibility index (Phi) is 4.26. The molecule has 4 nitrogen and oxygen atoms in total. The van der Waals surface area contributed by atoms with Crippen molar-refractivity contribution < 1.29 is 9.53 Å². The number of carbonyl (C=O) groups excluding carboxylic acids is 1. The average molecular weight is 285 g/mol. The Balaban J connectivity index is 2.78. The van der Waals surface area contributed by atoms with E-state index in [4.69, 9.17) is 4.74 Å². The molecule has 0 unspecified atom stereocenters. The number of para-hydroxylation sites is 1. The van der Waals surface area contributed by atoms with Crippen LogP contribution in [0.5, 0.6) is 5.75 Å². The molecule has 0 fully saturated rings. The molecule has 0 N–H and O–H groups in total. The number of methoxy groups -OCH3 is 1. The molecule has 1 aromatic heterocycles. The van der Waals surface area contributed by atoms with Crippen LogP contribution in [0.4, 0.5) is 0 Å². The van der Waals surface area contributed by atoms with Crippen molar-refractivity contribution in [2.75, 3.05) is 7.11 Å². The lowest BCUT2D eigenvalue weighted by atomic mass is 10.1. The van der Waals surface area contributed by atoms with Gasteiger partial charge in [0.15, 0.2) is 5.78 Å². The van der Waals surface area contributed by atoms with Gasteiger partial charge in [0.25, 0.3) is 5.56 Å². The number of ether oxygens (including phenoxy) is 1. The highest BCUT2D eigenvalue weighted by atomic mass is 16.5. The minimum atomic E-state index is -0.263. The summed E-state index contributed by atoms with van der Waals surface area (Å²) in [6.07, 6.45) is 0. The first-order chi connectivity index (χ1) is 9.97. The van der Waals surface area contributed by atoms with Crippen LogP contribution in [0.25, 0.3) is 11.3 Å². The predicted molar refractivity (Wildman–Crippen MR) is 83.1 cm³/mol. The predicted octanol–water partition coefficient (Wildman–Crippen LogP) is 3.31. The van der Waals surface area contributed by atoms with Crippen molar-refractivity contribution in [1.82, 2.24) is 4.57 Å². The van der Waals surface area contributed by atoms with Gasteiger partial charge in [-0.15, -0.1) is 0 Å². The Morgan fingerprint density at radius 3 is 2.38 bits per heavy atom. The summed E-state index contributed by atoms with van der Waals surface area (Å²) >= 11 is 0. The molecule has 0 saturated heterocycles. The highest BCUT2D eigenvalue weighted by Crippen LogP contribution is 2.30. The fraction of sp³-hybridized carbons (Fsp3) is 0.294. The van der Waals surface area contributed by atoms with Crippen LogP contribution in [-0.4, -0.2) is 17.5 Å². The second-order valence-electron chi connectivity index (χ2n) is 5.16. The summed E-state index contributed by atoms with van der Waals surface area (Å²) in [7, 11) is 1.60. The molecular formula is C17H19NO3. The van der Waals surface area contributed by atoms with E-state index in [1.54, 1.807) is 23.8 Å². The molecular weight excluding hydrogens is 266 g/mol. The van der Waals surface area contributed by atoms with Gasteiger partial charge in [0.1, 0.15) is 5.75 Å². The Hall–Kier alpha value is -2.36. The fourth-order valence-corrected chi connectivity index (χ4v) is 2.41. The van der Waals surface area contributed by atoms with E-state index in [1.807, 2.05) is 38.1 Å². The van der Waals surface area contributed by atoms with Gasteiger partial charge in [-0.2, -0.15) is 0 Å². The van der Waals surface area contributed by atoms with Gasteiger partial charge < -0.3 is 9.30 Å². The molecule has 4 heteroatoms. The van der Waals surface area contributed by atoms with Gasteiger partial charge in [0, 0.05) is 11.6 Å². The molecule has 0 bridgehead atoms. The largest absolute Gasteiger partial charge is 0.496 e. The van der Waals surface area contributed by atoms with Gasteiger partial charge in [0.05, 0.1) is 18.4 Å². The van der Waals surface area contributed by atoms with Crippen molar-refractivity contribution in [3.05, 3.63) is 52.3 Å². The molecule has 1 heterocycles. The quantitative estimate of drug-likeness (QED) is 0.810. The number of aromatic nitrogens is 1. The molecule has 21 heavy (non-hydrogen) atoms. The van der Waals surface area contributed by atoms with Gasteiger partial charge >= 0.3 is 0 Å². The number of Topliss-reactive ketones (excluding diaryl/α,β-unsaturated/α-hetero) is 1. The number of rotatable bonds is 4. The lowest BCUT2D eigenvalue weighted by Crippen LogP contribution is -2.28. The van der Waals surface area contributed by atoms with E-state index in [2.05, 4.69) is 0 Å². The van der Waals surface area contributed by atoms with Crippen molar-refractivity contribution in [3.63, 3.8) is 0 Å². The lowest BCUT2D eigenvalue weighted by molar-refractivity contribution is 0.101. The van der Waals surface area contributed by atoms with Crippen molar-refractivity contribution in [2.24, 2.45) is 0 Å². The Labute approximate surface area is 124 Å². The molecule has 0 atom stereocenters. The SMILES string of the molecule is COc1ccccc1-c1ccc(C(C)=O)c(=O)n1C(C)C. The highest BCUT2D eigenvalue weighted by Gasteiger charge is 2.17. The first-order valence-electron chi connectivity index (χ1n) is 6.87. The first-order valence-corrected chi connectivity index (χ1v) is 6.87. The zero-order valence-corrected chi connectivity index (χ0v) is 12.7. The van der Waals surface area contributed by atoms with Crippen molar-refractivity contribution in [2.45, 2.75) is 26.8 Å². The molecule has 2 rings (SSSR count). The number of ketones is 1. The molecule has 0 spiro atoms. The summed E-state index contributed by atoms with van der Waals surface area (Å²) in [6, 6.07) is 10.9. The van der Waals surface area contributed by atoms with E-state index in [-0.39, 0.29) is 22.9 Å². The Morgan fingerprint density at radius 2 is 1.81 bits per heavy atom. The highest BCUT2D eigenvalue weighted by molar-refractivity contribution is 5.94. The average Bonchev–Trinajstić information content (AvgIpc) is 2.45. The van der Waals surface area contributed by atoms with Crippen molar-refractivity contribution in [1.29, 1.82) is 0 Å². The van der Waals surface area contributed by atoms with Crippen LogP contribution in [0.2, 0.25) is 0 Å². The second kappa shape index (κ2) is 5.95. The Bertz CT molecular complexity index is 729. The summed E-state index contributed by atoms with van der Waals surface area (Å²) in [6.45, 7) is 5.25. The molecule has 0 saturated carbocycles. The maximum absolute atomic E-state index is 12.5. The number of benzene rings is 1. The third-order valence-electron chi connectivity index (χ3n) is 3.40. The van der Waals surface area contributed by atoms with Crippen LogP contribution in [0.15, 0.2) is 41.2 Å². The number of carbonyl (C=O) groups is 1. The van der Waals surface area contributed by atoms with E-state index < -0.39 is 0 Å². The third kappa shape index (κ3) is 2.75. The summed E-state index contributed by atoms with van der Waals surface area (Å²) in [5, 5.41) is 0. The molecule has 0 aliphatic carbocycles. The normalized spacial score (nSPS) is 10.7. The molecule has 1 aromatic carbocycles. The van der Waals surface area contributed by atoms with Gasteiger partial charge in [0.2, 0.25) is 0 Å². The van der Waals surface area contributed by atoms with Crippen LogP contribution in [-0.2, 0) is 0 Å². The van der Waals surface area contributed by atoms with E-state index in [0.717, 1.165) is 11.3 Å². The van der Waals surface area contributed by atoms with Crippen molar-refractivity contribution >= 4 is 5.78 Å². The van der Waals surface area contributed by atoms with Gasteiger partial charge in [-0.25, -0.2) is 0 Å². The number of hydrogen-bond donors (Lipinski definition) is 0. The maximum atomic E-state index is 12.5. The lowest BCUT2D eigenvalue weighted by Gasteiger charge is -2.19. The maximum Gasteiger partial charge on any atom is 0.262 e. The number of hydrogen-bond acceptors (Lipinski definition) is 3. The smallest absolute Gasteiger partial charge is 0.262 e. The van der Waals surface area contributed by atoms with Crippen molar-refractivity contribution in [3.8, 4) is 17.0 Å². The first kappa shape index (κ1) is 15.0. The van der Waals surface area contributed by atoms with Crippen LogP contribution in [0.3, 0.4) is 0 Å². The van der Waals surface area contributed by atoms with E-state index in [9.17, 15) is 9.59 Å². The molecule has 0 aliphatic rings. The fourth-order valence-electron chi connectivity index (χ4n) is 2.41. The van der Waals surface area contributed by atoms with Crippen LogP contribution in [0.1, 0.15) is 37.2 Å². The van der Waals surface area contributed by atoms with E-state index in [1.165, 1.54) is 6.92 Å². The van der Waals surface area contributed by atoms with Gasteiger partial charge in [-0.05, 0) is 45.0 Å². The van der Waals surface area contributed by atoms with Gasteiger partial charge in [-0.3, -0.25) is 9.59 Å². The molecule has 110 valence electrons. The third-order valence-corrected chi connectivity index (χ3v) is 3.40. The molecule has 0 aliphatic heterocycles. The standard InChI is InChI=1S/C17H19NO3/c1-11(2)18-15(10-9-13(12(3)19)17(18)20)14-7-5-6-8-16(14)21-4/h5-11H,1-4H3. The van der Waals surface area contributed by atoms with Gasteiger partial charge in [-0.1, -0.05) is 12.1 Å². The minimum absolute atomic E-state index is 0.0586.